The summed E-state index contributed by atoms with van der Waals surface area (Å²) in [6, 6.07) is 0. The monoisotopic (exact) mass is 227 g/mol. The minimum Gasteiger partial charge on any atom is -0.342 e. The van der Waals surface area contributed by atoms with Gasteiger partial charge in [0, 0.05) is 19.6 Å². The number of carbonyl (C=O) groups excluding carboxylic acids is 1. The third kappa shape index (κ3) is 3.19. The van der Waals surface area contributed by atoms with Gasteiger partial charge < -0.3 is 15.5 Å². The Morgan fingerprint density at radius 2 is 1.94 bits per heavy atom. The lowest BCUT2D eigenvalue weighted by molar-refractivity contribution is -0.136. The van der Waals surface area contributed by atoms with Crippen molar-refractivity contribution in [3.8, 4) is 0 Å². The van der Waals surface area contributed by atoms with Crippen molar-refractivity contribution >= 4 is 5.91 Å². The first kappa shape index (κ1) is 13.5. The predicted molar refractivity (Wildman–Crippen MR) is 66.1 cm³/mol. The molecule has 1 fully saturated rings. The minimum atomic E-state index is -0.186. The van der Waals surface area contributed by atoms with Gasteiger partial charge in [0.2, 0.25) is 5.91 Å². The molecule has 0 aromatic rings. The fourth-order valence-electron chi connectivity index (χ4n) is 1.97. The molecule has 1 aliphatic carbocycles. The second kappa shape index (κ2) is 5.64. The quantitative estimate of drug-likeness (QED) is 0.690. The highest BCUT2D eigenvalue weighted by atomic mass is 16.2. The standard InChI is InChI=1S/C12H25N3O/c1-4-15(9-5-8-14(2)3)11(16)12(10-13)6-7-12/h4-10,13H2,1-3H3. The van der Waals surface area contributed by atoms with Crippen molar-refractivity contribution in [3.05, 3.63) is 0 Å². The molecule has 4 nitrogen and oxygen atoms in total. The Morgan fingerprint density at radius 3 is 2.31 bits per heavy atom. The van der Waals surface area contributed by atoms with Crippen molar-refractivity contribution in [1.82, 2.24) is 9.80 Å². The Morgan fingerprint density at radius 1 is 1.31 bits per heavy atom. The molecule has 1 rings (SSSR count). The molecule has 0 aliphatic heterocycles. The first-order valence-electron chi connectivity index (χ1n) is 6.20. The van der Waals surface area contributed by atoms with Crippen LogP contribution >= 0.6 is 0 Å². The summed E-state index contributed by atoms with van der Waals surface area (Å²) in [4.78, 5) is 16.3. The third-order valence-corrected chi connectivity index (χ3v) is 3.40. The highest BCUT2D eigenvalue weighted by Gasteiger charge is 2.50. The normalized spacial score (nSPS) is 17.6. The van der Waals surface area contributed by atoms with Crippen LogP contribution in [0.4, 0.5) is 0 Å². The zero-order chi connectivity index (χ0) is 12.2. The lowest BCUT2D eigenvalue weighted by Gasteiger charge is -2.26. The van der Waals surface area contributed by atoms with Crippen LogP contribution in [0.2, 0.25) is 0 Å². The van der Waals surface area contributed by atoms with E-state index in [0.29, 0.717) is 6.54 Å². The van der Waals surface area contributed by atoms with Gasteiger partial charge >= 0.3 is 0 Å². The van der Waals surface area contributed by atoms with E-state index in [2.05, 4.69) is 19.0 Å². The summed E-state index contributed by atoms with van der Waals surface area (Å²) in [6.07, 6.45) is 2.99. The summed E-state index contributed by atoms with van der Waals surface area (Å²) in [5.74, 6) is 0.274. The van der Waals surface area contributed by atoms with Gasteiger partial charge in [-0.2, -0.15) is 0 Å². The van der Waals surface area contributed by atoms with Crippen LogP contribution in [0.1, 0.15) is 26.2 Å². The van der Waals surface area contributed by atoms with Gasteiger partial charge in [0.15, 0.2) is 0 Å². The maximum atomic E-state index is 12.2. The van der Waals surface area contributed by atoms with Crippen LogP contribution in [0, 0.1) is 5.41 Å². The van der Waals surface area contributed by atoms with E-state index >= 15 is 0 Å². The lowest BCUT2D eigenvalue weighted by atomic mass is 10.1. The summed E-state index contributed by atoms with van der Waals surface area (Å²) in [5, 5.41) is 0. The summed E-state index contributed by atoms with van der Waals surface area (Å²) in [5.41, 5.74) is 5.50. The van der Waals surface area contributed by atoms with E-state index in [0.717, 1.165) is 38.9 Å². The van der Waals surface area contributed by atoms with Gasteiger partial charge in [-0.05, 0) is 46.8 Å². The Hall–Kier alpha value is -0.610. The summed E-state index contributed by atoms with van der Waals surface area (Å²) in [6.45, 7) is 5.23. The molecule has 0 unspecified atom stereocenters. The molecule has 0 aromatic carbocycles. The van der Waals surface area contributed by atoms with E-state index < -0.39 is 0 Å². The van der Waals surface area contributed by atoms with Crippen LogP contribution < -0.4 is 5.73 Å². The molecule has 0 saturated heterocycles. The topological polar surface area (TPSA) is 49.6 Å². The molecule has 0 atom stereocenters. The van der Waals surface area contributed by atoms with Crippen LogP contribution in [-0.4, -0.2) is 56.0 Å². The summed E-state index contributed by atoms with van der Waals surface area (Å²) in [7, 11) is 4.11. The van der Waals surface area contributed by atoms with Gasteiger partial charge in [0.25, 0.3) is 0 Å². The second-order valence-corrected chi connectivity index (χ2v) is 5.03. The molecule has 94 valence electrons. The predicted octanol–water partition coefficient (Wildman–Crippen LogP) is 0.526. The maximum Gasteiger partial charge on any atom is 0.230 e. The Labute approximate surface area is 98.8 Å². The van der Waals surface area contributed by atoms with E-state index in [9.17, 15) is 4.79 Å². The first-order chi connectivity index (χ1) is 7.55. The maximum absolute atomic E-state index is 12.2. The van der Waals surface area contributed by atoms with E-state index in [1.165, 1.54) is 0 Å². The molecule has 1 amide bonds. The molecule has 0 aromatic heterocycles. The third-order valence-electron chi connectivity index (χ3n) is 3.40. The van der Waals surface area contributed by atoms with E-state index in [4.69, 9.17) is 5.73 Å². The van der Waals surface area contributed by atoms with Gasteiger partial charge in [-0.15, -0.1) is 0 Å². The molecule has 0 heterocycles. The van der Waals surface area contributed by atoms with Gasteiger partial charge in [-0.1, -0.05) is 0 Å². The fourth-order valence-corrected chi connectivity index (χ4v) is 1.97. The molecule has 2 N–H and O–H groups in total. The number of nitrogens with two attached hydrogens (primary N) is 1. The summed E-state index contributed by atoms with van der Waals surface area (Å²) < 4.78 is 0. The number of hydrogen-bond acceptors (Lipinski definition) is 3. The van der Waals surface area contributed by atoms with Crippen LogP contribution in [0.3, 0.4) is 0 Å². The average molecular weight is 227 g/mol. The van der Waals surface area contributed by atoms with Gasteiger partial charge in [-0.3, -0.25) is 4.79 Å². The molecule has 0 spiro atoms. The highest BCUT2D eigenvalue weighted by molar-refractivity contribution is 5.85. The lowest BCUT2D eigenvalue weighted by Crippen LogP contribution is -2.41. The largest absolute Gasteiger partial charge is 0.342 e. The number of rotatable bonds is 7. The van der Waals surface area contributed by atoms with Crippen molar-refractivity contribution in [2.45, 2.75) is 26.2 Å². The van der Waals surface area contributed by atoms with Gasteiger partial charge in [-0.25, -0.2) is 0 Å². The molecule has 16 heavy (non-hydrogen) atoms. The molecule has 4 heteroatoms. The van der Waals surface area contributed by atoms with E-state index in [1.807, 2.05) is 11.8 Å². The molecule has 1 aliphatic rings. The number of hydrogen-bond donors (Lipinski definition) is 1. The Kier molecular flexibility index (Phi) is 4.74. The number of nitrogens with zero attached hydrogens (tertiary/aromatic N) is 2. The summed E-state index contributed by atoms with van der Waals surface area (Å²) >= 11 is 0. The number of amides is 1. The zero-order valence-electron chi connectivity index (χ0n) is 10.8. The smallest absolute Gasteiger partial charge is 0.230 e. The molecular formula is C12H25N3O. The molecule has 0 bridgehead atoms. The SMILES string of the molecule is CCN(CCCN(C)C)C(=O)C1(CN)CC1. The zero-order valence-corrected chi connectivity index (χ0v) is 10.8. The Balaban J connectivity index is 2.39. The first-order valence-corrected chi connectivity index (χ1v) is 6.20. The minimum absolute atomic E-state index is 0.186. The van der Waals surface area contributed by atoms with Gasteiger partial charge in [0.1, 0.15) is 0 Å². The highest BCUT2D eigenvalue weighted by Crippen LogP contribution is 2.46. The average Bonchev–Trinajstić information content (AvgIpc) is 3.04. The van der Waals surface area contributed by atoms with Crippen LogP contribution in [0.5, 0.6) is 0 Å². The molecular weight excluding hydrogens is 202 g/mol. The van der Waals surface area contributed by atoms with Crippen molar-refractivity contribution < 1.29 is 4.79 Å². The van der Waals surface area contributed by atoms with Crippen LogP contribution in [0.25, 0.3) is 0 Å². The Bertz CT molecular complexity index is 236. The fraction of sp³-hybridized carbons (Fsp3) is 0.917. The second-order valence-electron chi connectivity index (χ2n) is 5.03. The van der Waals surface area contributed by atoms with Crippen molar-refractivity contribution in [1.29, 1.82) is 0 Å². The van der Waals surface area contributed by atoms with Gasteiger partial charge in [0.05, 0.1) is 5.41 Å². The van der Waals surface area contributed by atoms with Crippen molar-refractivity contribution in [3.63, 3.8) is 0 Å². The molecule has 1 saturated carbocycles. The van der Waals surface area contributed by atoms with Crippen LogP contribution in [0.15, 0.2) is 0 Å². The van der Waals surface area contributed by atoms with E-state index in [-0.39, 0.29) is 11.3 Å². The van der Waals surface area contributed by atoms with Crippen LogP contribution in [-0.2, 0) is 4.79 Å². The van der Waals surface area contributed by atoms with E-state index in [1.54, 1.807) is 0 Å². The van der Waals surface area contributed by atoms with Crippen molar-refractivity contribution in [2.24, 2.45) is 11.1 Å². The van der Waals surface area contributed by atoms with Crippen molar-refractivity contribution in [2.75, 3.05) is 40.3 Å². The molecule has 0 radical (unpaired) electrons. The number of carbonyl (C=O) groups is 1.